The van der Waals surface area contributed by atoms with Crippen molar-refractivity contribution in [3.63, 3.8) is 0 Å². The lowest BCUT2D eigenvalue weighted by Crippen LogP contribution is -2.24. The van der Waals surface area contributed by atoms with E-state index in [1.807, 2.05) is 24.3 Å². The minimum Gasteiger partial charge on any atom is -0.484 e. The quantitative estimate of drug-likeness (QED) is 0.821. The van der Waals surface area contributed by atoms with Gasteiger partial charge in [-0.2, -0.15) is 0 Å². The molecule has 3 rings (SSSR count). The van der Waals surface area contributed by atoms with Crippen LogP contribution in [-0.2, 0) is 4.79 Å². The number of benzene rings is 2. The Labute approximate surface area is 159 Å². The largest absolute Gasteiger partial charge is 0.484 e. The summed E-state index contributed by atoms with van der Waals surface area (Å²) in [5.74, 6) is -0.230. The molecule has 6 heteroatoms. The van der Waals surface area contributed by atoms with E-state index in [0.717, 1.165) is 18.8 Å². The van der Waals surface area contributed by atoms with Crippen LogP contribution in [0.1, 0.15) is 36.0 Å². The van der Waals surface area contributed by atoms with Crippen LogP contribution in [-0.4, -0.2) is 31.5 Å². The summed E-state index contributed by atoms with van der Waals surface area (Å²) >= 11 is 0. The van der Waals surface area contributed by atoms with E-state index in [-0.39, 0.29) is 12.5 Å². The first-order chi connectivity index (χ1) is 13.1. The third-order valence-corrected chi connectivity index (χ3v) is 4.63. The summed E-state index contributed by atoms with van der Waals surface area (Å²) in [6.07, 6.45) is 5.07. The molecule has 1 aliphatic rings. The predicted molar refractivity (Wildman–Crippen MR) is 106 cm³/mol. The molecular weight excluding hydrogens is 342 g/mol. The van der Waals surface area contributed by atoms with Gasteiger partial charge in [-0.05, 0) is 61.4 Å². The number of nitrogens with one attached hydrogen (secondary N) is 1. The van der Waals surface area contributed by atoms with Gasteiger partial charge in [0.05, 0.1) is 0 Å². The minimum atomic E-state index is -0.497. The van der Waals surface area contributed by atoms with Gasteiger partial charge in [-0.15, -0.1) is 0 Å². The van der Waals surface area contributed by atoms with Crippen LogP contribution < -0.4 is 20.7 Å². The highest BCUT2D eigenvalue weighted by Gasteiger charge is 2.10. The number of nitrogens with two attached hydrogens (primary N) is 1. The molecule has 0 radical (unpaired) electrons. The fourth-order valence-corrected chi connectivity index (χ4v) is 3.15. The molecular formula is C21H25N3O3. The van der Waals surface area contributed by atoms with Gasteiger partial charge in [0.2, 0.25) is 5.91 Å². The van der Waals surface area contributed by atoms with E-state index in [4.69, 9.17) is 10.5 Å². The van der Waals surface area contributed by atoms with E-state index in [1.54, 1.807) is 24.3 Å². The Hall–Kier alpha value is -3.02. The molecule has 2 amide bonds. The summed E-state index contributed by atoms with van der Waals surface area (Å²) < 4.78 is 5.44. The molecule has 27 heavy (non-hydrogen) atoms. The summed E-state index contributed by atoms with van der Waals surface area (Å²) in [7, 11) is 0. The Kier molecular flexibility index (Phi) is 6.30. The van der Waals surface area contributed by atoms with Crippen molar-refractivity contribution in [1.29, 1.82) is 0 Å². The third-order valence-electron chi connectivity index (χ3n) is 4.63. The molecule has 2 aromatic carbocycles. The molecule has 0 bridgehead atoms. The second kappa shape index (κ2) is 9.07. The molecule has 1 heterocycles. The molecule has 1 fully saturated rings. The zero-order valence-corrected chi connectivity index (χ0v) is 15.3. The summed E-state index contributed by atoms with van der Waals surface area (Å²) in [5, 5.41) is 2.83. The van der Waals surface area contributed by atoms with Gasteiger partial charge >= 0.3 is 0 Å². The molecule has 2 aromatic rings. The Morgan fingerprint density at radius 1 is 0.926 bits per heavy atom. The van der Waals surface area contributed by atoms with Crippen LogP contribution in [0, 0.1) is 0 Å². The van der Waals surface area contributed by atoms with Crippen LogP contribution in [0.3, 0.4) is 0 Å². The van der Waals surface area contributed by atoms with Gasteiger partial charge in [0.15, 0.2) is 6.61 Å². The van der Waals surface area contributed by atoms with Gasteiger partial charge in [0.25, 0.3) is 5.91 Å². The highest BCUT2D eigenvalue weighted by atomic mass is 16.5. The maximum atomic E-state index is 12.1. The van der Waals surface area contributed by atoms with Gasteiger partial charge in [0, 0.05) is 30.0 Å². The van der Waals surface area contributed by atoms with E-state index in [0.29, 0.717) is 11.3 Å². The number of hydrogen-bond donors (Lipinski definition) is 2. The number of primary amides is 1. The Bertz CT molecular complexity index is 764. The Balaban J connectivity index is 1.49. The second-order valence-corrected chi connectivity index (χ2v) is 6.67. The van der Waals surface area contributed by atoms with Crippen molar-refractivity contribution >= 4 is 23.2 Å². The molecule has 0 spiro atoms. The molecule has 1 saturated heterocycles. The van der Waals surface area contributed by atoms with Crippen LogP contribution in [0.25, 0.3) is 0 Å². The predicted octanol–water partition coefficient (Wildman–Crippen LogP) is 3.18. The molecule has 3 N–H and O–H groups in total. The van der Waals surface area contributed by atoms with Crippen molar-refractivity contribution in [1.82, 2.24) is 0 Å². The average molecular weight is 367 g/mol. The van der Waals surface area contributed by atoms with Gasteiger partial charge in [-0.25, -0.2) is 0 Å². The van der Waals surface area contributed by atoms with Gasteiger partial charge < -0.3 is 20.7 Å². The monoisotopic (exact) mass is 367 g/mol. The van der Waals surface area contributed by atoms with Gasteiger partial charge in [-0.1, -0.05) is 12.8 Å². The number of carbonyl (C=O) groups excluding carboxylic acids is 2. The SMILES string of the molecule is NC(=O)c1ccc(OCC(=O)Nc2ccc(N3CCCCCC3)cc2)cc1. The lowest BCUT2D eigenvalue weighted by atomic mass is 10.2. The lowest BCUT2D eigenvalue weighted by molar-refractivity contribution is -0.118. The molecule has 0 atom stereocenters. The number of rotatable bonds is 6. The first kappa shape index (κ1) is 18.8. The van der Waals surface area contributed by atoms with Crippen LogP contribution in [0.4, 0.5) is 11.4 Å². The summed E-state index contributed by atoms with van der Waals surface area (Å²) in [5.41, 5.74) is 7.53. The lowest BCUT2D eigenvalue weighted by Gasteiger charge is -2.22. The Morgan fingerprint density at radius 2 is 1.56 bits per heavy atom. The van der Waals surface area contributed by atoms with Crippen LogP contribution >= 0.6 is 0 Å². The van der Waals surface area contributed by atoms with Gasteiger partial charge in [0.1, 0.15) is 5.75 Å². The zero-order valence-electron chi connectivity index (χ0n) is 15.3. The highest BCUT2D eigenvalue weighted by molar-refractivity contribution is 5.93. The van der Waals surface area contributed by atoms with Crippen molar-refractivity contribution in [3.8, 4) is 5.75 Å². The van der Waals surface area contributed by atoms with E-state index < -0.39 is 5.91 Å². The molecule has 0 aromatic heterocycles. The number of anilines is 2. The van der Waals surface area contributed by atoms with E-state index >= 15 is 0 Å². The average Bonchev–Trinajstić information content (AvgIpc) is 2.97. The smallest absolute Gasteiger partial charge is 0.262 e. The minimum absolute atomic E-state index is 0.107. The molecule has 0 aliphatic carbocycles. The molecule has 0 saturated carbocycles. The topological polar surface area (TPSA) is 84.7 Å². The van der Waals surface area contributed by atoms with E-state index in [1.165, 1.54) is 31.4 Å². The molecule has 0 unspecified atom stereocenters. The maximum absolute atomic E-state index is 12.1. The van der Waals surface area contributed by atoms with Gasteiger partial charge in [-0.3, -0.25) is 9.59 Å². The summed E-state index contributed by atoms with van der Waals surface area (Å²) in [6.45, 7) is 2.08. The number of carbonyl (C=O) groups is 2. The normalized spacial score (nSPS) is 14.3. The van der Waals surface area contributed by atoms with Crippen LogP contribution in [0.2, 0.25) is 0 Å². The standard InChI is InChI=1S/C21H25N3O3/c22-21(26)16-5-11-19(12-6-16)27-15-20(25)23-17-7-9-18(10-8-17)24-13-3-1-2-4-14-24/h5-12H,1-4,13-15H2,(H2,22,26)(H,23,25). The second-order valence-electron chi connectivity index (χ2n) is 6.67. The van der Waals surface area contributed by atoms with E-state index in [9.17, 15) is 9.59 Å². The maximum Gasteiger partial charge on any atom is 0.262 e. The van der Waals surface area contributed by atoms with Crippen molar-refractivity contribution < 1.29 is 14.3 Å². The van der Waals surface area contributed by atoms with Crippen molar-refractivity contribution in [3.05, 3.63) is 54.1 Å². The highest BCUT2D eigenvalue weighted by Crippen LogP contribution is 2.21. The summed E-state index contributed by atoms with van der Waals surface area (Å²) in [4.78, 5) is 25.5. The van der Waals surface area contributed by atoms with Crippen molar-refractivity contribution in [2.24, 2.45) is 5.73 Å². The van der Waals surface area contributed by atoms with Crippen LogP contribution in [0.15, 0.2) is 48.5 Å². The third kappa shape index (κ3) is 5.48. The molecule has 1 aliphatic heterocycles. The zero-order chi connectivity index (χ0) is 19.1. The fraction of sp³-hybridized carbons (Fsp3) is 0.333. The number of nitrogens with zero attached hydrogens (tertiary/aromatic N) is 1. The number of hydrogen-bond acceptors (Lipinski definition) is 4. The molecule has 6 nitrogen and oxygen atoms in total. The van der Waals surface area contributed by atoms with Crippen molar-refractivity contribution in [2.75, 3.05) is 29.9 Å². The van der Waals surface area contributed by atoms with Crippen molar-refractivity contribution in [2.45, 2.75) is 25.7 Å². The van der Waals surface area contributed by atoms with Crippen LogP contribution in [0.5, 0.6) is 5.75 Å². The number of ether oxygens (including phenoxy) is 1. The first-order valence-electron chi connectivity index (χ1n) is 9.29. The summed E-state index contributed by atoms with van der Waals surface area (Å²) in [6, 6.07) is 14.3. The number of amides is 2. The Morgan fingerprint density at radius 3 is 2.15 bits per heavy atom. The fourth-order valence-electron chi connectivity index (χ4n) is 3.15. The molecule has 142 valence electrons. The van der Waals surface area contributed by atoms with E-state index in [2.05, 4.69) is 10.2 Å². The first-order valence-corrected chi connectivity index (χ1v) is 9.29.